The number of anilines is 1. The lowest BCUT2D eigenvalue weighted by molar-refractivity contribution is 0.0198. The summed E-state index contributed by atoms with van der Waals surface area (Å²) >= 11 is 0. The van der Waals surface area contributed by atoms with Crippen LogP contribution in [0.5, 0.6) is 0 Å². The molecule has 1 N–H and O–H groups in total. The minimum Gasteiger partial charge on any atom is -0.444 e. The van der Waals surface area contributed by atoms with E-state index >= 15 is 0 Å². The molecule has 8 nitrogen and oxygen atoms in total. The van der Waals surface area contributed by atoms with Gasteiger partial charge in [-0.05, 0) is 39.7 Å². The second-order valence-electron chi connectivity index (χ2n) is 7.78. The van der Waals surface area contributed by atoms with Crippen LogP contribution in [0.1, 0.15) is 45.1 Å². The van der Waals surface area contributed by atoms with Gasteiger partial charge in [0.1, 0.15) is 17.6 Å². The van der Waals surface area contributed by atoms with Gasteiger partial charge in [-0.1, -0.05) is 0 Å². The Morgan fingerprint density at radius 1 is 1.37 bits per heavy atom. The van der Waals surface area contributed by atoms with E-state index in [1.54, 1.807) is 23.6 Å². The van der Waals surface area contributed by atoms with Crippen LogP contribution < -0.4 is 11.1 Å². The second-order valence-corrected chi connectivity index (χ2v) is 7.78. The molecule has 1 aliphatic rings. The van der Waals surface area contributed by atoms with Crippen LogP contribution in [0.4, 0.5) is 15.1 Å². The van der Waals surface area contributed by atoms with Gasteiger partial charge >= 0.3 is 6.09 Å². The first kappa shape index (κ1) is 19.1. The van der Waals surface area contributed by atoms with E-state index in [1.165, 1.54) is 10.9 Å². The molecule has 9 heteroatoms. The first-order chi connectivity index (χ1) is 12.7. The number of hydrogen-bond donors (Lipinski definition) is 1. The zero-order chi connectivity index (χ0) is 19.8. The molecule has 0 radical (unpaired) electrons. The molecular weight excluding hydrogens is 353 g/mol. The third-order valence-corrected chi connectivity index (χ3v) is 4.63. The first-order valence-corrected chi connectivity index (χ1v) is 8.90. The maximum Gasteiger partial charge on any atom is 0.410 e. The van der Waals surface area contributed by atoms with Gasteiger partial charge in [-0.15, -0.1) is 4.48 Å². The number of fused-ring (bicyclic) bond motifs is 1. The number of rotatable bonds is 2. The van der Waals surface area contributed by atoms with Crippen LogP contribution in [0.25, 0.3) is 11.0 Å². The highest BCUT2D eigenvalue weighted by atomic mass is 19.2. The van der Waals surface area contributed by atoms with Crippen molar-refractivity contribution in [1.82, 2.24) is 19.4 Å². The highest BCUT2D eigenvalue weighted by Crippen LogP contribution is 2.29. The smallest absolute Gasteiger partial charge is 0.410 e. The predicted octanol–water partition coefficient (Wildman–Crippen LogP) is 2.74. The van der Waals surface area contributed by atoms with E-state index < -0.39 is 5.60 Å². The fraction of sp³-hybridized carbons (Fsp3) is 0.556. The van der Waals surface area contributed by atoms with Crippen LogP contribution in [0.2, 0.25) is 0 Å². The van der Waals surface area contributed by atoms with Crippen molar-refractivity contribution in [1.29, 1.82) is 0 Å². The van der Waals surface area contributed by atoms with E-state index in [1.807, 2.05) is 20.8 Å². The third-order valence-electron chi connectivity index (χ3n) is 4.63. The molecule has 146 valence electrons. The van der Waals surface area contributed by atoms with Crippen molar-refractivity contribution in [3.63, 3.8) is 0 Å². The molecule has 0 aromatic carbocycles. The number of halogens is 1. The monoisotopic (exact) mass is 377 g/mol. The second kappa shape index (κ2) is 7.13. The maximum absolute atomic E-state index is 13.1. The molecule has 0 bridgehead atoms. The molecule has 0 saturated carbocycles. The molecule has 27 heavy (non-hydrogen) atoms. The molecule has 3 rings (SSSR count). The molecule has 1 atom stereocenters. The fourth-order valence-electron chi connectivity index (χ4n) is 3.38. The number of carbonyl (C=O) groups is 1. The number of hydrogen-bond acceptors (Lipinski definition) is 6. The number of aryl methyl sites for hydroxylation is 1. The van der Waals surface area contributed by atoms with Crippen LogP contribution in [0, 0.1) is 0 Å². The van der Waals surface area contributed by atoms with Crippen LogP contribution in [-0.2, 0) is 11.8 Å². The summed E-state index contributed by atoms with van der Waals surface area (Å²) < 4.78 is 19.9. The van der Waals surface area contributed by atoms with Crippen LogP contribution in [-0.4, -0.2) is 44.2 Å². The average molecular weight is 377 g/mol. The van der Waals surface area contributed by atoms with Crippen LogP contribution in [0.3, 0.4) is 0 Å². The standard InChI is InChI=1S/C18H24FN5O3/c1-18(2,3)27-17(26)24-7-5-6-11(9-24)12-8-13-14(22-19)20-10-21-15(13)23(4)16(12)25/h8,10-11H,5-7,9H2,1-4H3,(H,20,21,22). The number of amides is 1. The number of aromatic nitrogens is 3. The predicted molar refractivity (Wildman–Crippen MR) is 99.3 cm³/mol. The number of likely N-dealkylation sites (tertiary alicyclic amines) is 1. The molecule has 0 aliphatic carbocycles. The fourth-order valence-corrected chi connectivity index (χ4v) is 3.38. The van der Waals surface area contributed by atoms with Gasteiger partial charge in [-0.3, -0.25) is 9.36 Å². The van der Waals surface area contributed by atoms with E-state index in [2.05, 4.69) is 9.97 Å². The quantitative estimate of drug-likeness (QED) is 0.810. The lowest BCUT2D eigenvalue weighted by Crippen LogP contribution is -2.43. The minimum atomic E-state index is -0.581. The Morgan fingerprint density at radius 2 is 2.11 bits per heavy atom. The molecule has 1 saturated heterocycles. The molecule has 3 heterocycles. The Labute approximate surface area is 156 Å². The van der Waals surface area contributed by atoms with E-state index in [-0.39, 0.29) is 23.4 Å². The van der Waals surface area contributed by atoms with Gasteiger partial charge in [0.15, 0.2) is 5.82 Å². The molecule has 0 spiro atoms. The van der Waals surface area contributed by atoms with Crippen molar-refractivity contribution in [2.24, 2.45) is 7.05 Å². The van der Waals surface area contributed by atoms with E-state index in [0.29, 0.717) is 29.7 Å². The van der Waals surface area contributed by atoms with Crippen LogP contribution in [0.15, 0.2) is 17.2 Å². The molecule has 1 unspecified atom stereocenters. The Kier molecular flexibility index (Phi) is 5.03. The maximum atomic E-state index is 13.1. The van der Waals surface area contributed by atoms with Crippen LogP contribution >= 0.6 is 0 Å². The van der Waals surface area contributed by atoms with Crippen molar-refractivity contribution < 1.29 is 14.0 Å². The lowest BCUT2D eigenvalue weighted by Gasteiger charge is -2.34. The van der Waals surface area contributed by atoms with Crippen molar-refractivity contribution in [3.05, 3.63) is 28.3 Å². The topological polar surface area (TPSA) is 89.4 Å². The largest absolute Gasteiger partial charge is 0.444 e. The Hall–Kier alpha value is -2.71. The molecular formula is C18H24FN5O3. The molecule has 1 fully saturated rings. The summed E-state index contributed by atoms with van der Waals surface area (Å²) in [6, 6.07) is 1.63. The summed E-state index contributed by atoms with van der Waals surface area (Å²) in [5.41, 5.74) is 1.63. The van der Waals surface area contributed by atoms with E-state index in [4.69, 9.17) is 4.74 Å². The molecule has 2 aromatic heterocycles. The normalized spacial score (nSPS) is 17.8. The summed E-state index contributed by atoms with van der Waals surface area (Å²) in [4.78, 5) is 34.8. The zero-order valence-corrected chi connectivity index (χ0v) is 16.0. The third kappa shape index (κ3) is 3.86. The van der Waals surface area contributed by atoms with Gasteiger partial charge in [0.2, 0.25) is 0 Å². The molecule has 2 aromatic rings. The highest BCUT2D eigenvalue weighted by molar-refractivity contribution is 5.86. The number of carbonyl (C=O) groups excluding carboxylic acids is 1. The number of nitrogens with one attached hydrogen (secondary N) is 1. The Morgan fingerprint density at radius 3 is 2.78 bits per heavy atom. The number of pyridine rings is 1. The van der Waals surface area contributed by atoms with Gasteiger partial charge in [-0.2, -0.15) is 0 Å². The molecule has 1 aliphatic heterocycles. The van der Waals surface area contributed by atoms with Gasteiger partial charge in [0.05, 0.1) is 5.39 Å². The van der Waals surface area contributed by atoms with Gasteiger partial charge in [0.25, 0.3) is 5.56 Å². The van der Waals surface area contributed by atoms with Crippen molar-refractivity contribution >= 4 is 22.9 Å². The summed E-state index contributed by atoms with van der Waals surface area (Å²) in [7, 11) is 1.59. The van der Waals surface area contributed by atoms with Gasteiger partial charge in [0, 0.05) is 31.6 Å². The minimum absolute atomic E-state index is 0.0108. The SMILES string of the molecule is Cn1c(=O)c(C2CCCN(C(=O)OC(C)(C)C)C2)cc2c(NF)ncnc21. The summed E-state index contributed by atoms with van der Waals surface area (Å²) in [6.45, 7) is 6.41. The van der Waals surface area contributed by atoms with Crippen molar-refractivity contribution in [3.8, 4) is 0 Å². The number of piperidine rings is 1. The van der Waals surface area contributed by atoms with Gasteiger partial charge in [-0.25, -0.2) is 20.3 Å². The van der Waals surface area contributed by atoms with Gasteiger partial charge < -0.3 is 9.64 Å². The van der Waals surface area contributed by atoms with E-state index in [0.717, 1.165) is 12.8 Å². The Bertz CT molecular complexity index is 922. The number of nitrogens with zero attached hydrogens (tertiary/aromatic N) is 4. The summed E-state index contributed by atoms with van der Waals surface area (Å²) in [6.07, 6.45) is 2.32. The highest BCUT2D eigenvalue weighted by Gasteiger charge is 2.30. The summed E-state index contributed by atoms with van der Waals surface area (Å²) in [5, 5.41) is 0.423. The summed E-state index contributed by atoms with van der Waals surface area (Å²) in [5.74, 6) is -0.154. The van der Waals surface area contributed by atoms with Crippen molar-refractivity contribution in [2.75, 3.05) is 18.6 Å². The lowest BCUT2D eigenvalue weighted by atomic mass is 9.91. The average Bonchev–Trinajstić information content (AvgIpc) is 2.63. The molecule has 1 amide bonds. The first-order valence-electron chi connectivity index (χ1n) is 8.90. The zero-order valence-electron chi connectivity index (χ0n) is 16.0. The van der Waals surface area contributed by atoms with Crippen molar-refractivity contribution in [2.45, 2.75) is 45.1 Å². The number of ether oxygens (including phenoxy) is 1. The van der Waals surface area contributed by atoms with E-state index in [9.17, 15) is 14.1 Å². The Balaban J connectivity index is 1.96.